The first kappa shape index (κ1) is 14.5. The van der Waals surface area contributed by atoms with Gasteiger partial charge in [0.15, 0.2) is 0 Å². The maximum absolute atomic E-state index is 11.9. The van der Waals surface area contributed by atoms with Crippen molar-refractivity contribution >= 4 is 5.91 Å². The first-order chi connectivity index (χ1) is 7.78. The molecule has 1 aliphatic rings. The van der Waals surface area contributed by atoms with Gasteiger partial charge in [0.1, 0.15) is 0 Å². The average Bonchev–Trinajstić information content (AvgIpc) is 2.47. The summed E-state index contributed by atoms with van der Waals surface area (Å²) < 4.78 is 0. The maximum Gasteiger partial charge on any atom is 0.220 e. The van der Waals surface area contributed by atoms with Crippen molar-refractivity contribution in [2.24, 2.45) is 17.3 Å². The van der Waals surface area contributed by atoms with Crippen LogP contribution in [0.5, 0.6) is 0 Å². The molecule has 1 amide bonds. The van der Waals surface area contributed by atoms with E-state index in [1.54, 1.807) is 0 Å². The van der Waals surface area contributed by atoms with E-state index in [1.165, 1.54) is 0 Å². The summed E-state index contributed by atoms with van der Waals surface area (Å²) in [6, 6.07) is 0.323. The van der Waals surface area contributed by atoms with Crippen LogP contribution in [0.1, 0.15) is 47.5 Å². The maximum atomic E-state index is 11.9. The molecule has 3 heteroatoms. The fourth-order valence-corrected chi connectivity index (χ4v) is 2.70. The topological polar surface area (TPSA) is 41.1 Å². The minimum absolute atomic E-state index is 0.210. The lowest BCUT2D eigenvalue weighted by Crippen LogP contribution is -2.40. The van der Waals surface area contributed by atoms with Crippen LogP contribution in [-0.2, 0) is 4.79 Å². The molecule has 0 radical (unpaired) electrons. The van der Waals surface area contributed by atoms with E-state index >= 15 is 0 Å². The minimum Gasteiger partial charge on any atom is -0.352 e. The molecule has 0 aromatic heterocycles. The molecule has 0 aliphatic carbocycles. The molecule has 0 aromatic rings. The first-order valence-corrected chi connectivity index (χ1v) is 6.78. The fourth-order valence-electron chi connectivity index (χ4n) is 2.70. The van der Waals surface area contributed by atoms with Gasteiger partial charge < -0.3 is 10.6 Å². The van der Waals surface area contributed by atoms with Crippen molar-refractivity contribution < 1.29 is 4.79 Å². The summed E-state index contributed by atoms with van der Waals surface area (Å²) in [6.07, 6.45) is 1.75. The van der Waals surface area contributed by atoms with Crippen LogP contribution in [0.25, 0.3) is 0 Å². The van der Waals surface area contributed by atoms with E-state index in [0.29, 0.717) is 29.7 Å². The highest BCUT2D eigenvalue weighted by Gasteiger charge is 2.25. The summed E-state index contributed by atoms with van der Waals surface area (Å²) in [7, 11) is 0. The van der Waals surface area contributed by atoms with Gasteiger partial charge in [-0.2, -0.15) is 0 Å². The lowest BCUT2D eigenvalue weighted by atomic mass is 9.84. The van der Waals surface area contributed by atoms with Gasteiger partial charge in [-0.1, -0.05) is 34.6 Å². The molecule has 1 rings (SSSR count). The van der Waals surface area contributed by atoms with Gasteiger partial charge in [0.05, 0.1) is 0 Å². The summed E-state index contributed by atoms with van der Waals surface area (Å²) >= 11 is 0. The van der Waals surface area contributed by atoms with Gasteiger partial charge in [-0.3, -0.25) is 4.79 Å². The van der Waals surface area contributed by atoms with Gasteiger partial charge in [0.2, 0.25) is 5.91 Å². The summed E-state index contributed by atoms with van der Waals surface area (Å²) in [6.45, 7) is 13.0. The predicted molar refractivity (Wildman–Crippen MR) is 71.8 cm³/mol. The quantitative estimate of drug-likeness (QED) is 0.791. The van der Waals surface area contributed by atoms with Crippen molar-refractivity contribution in [3.8, 4) is 0 Å². The largest absolute Gasteiger partial charge is 0.352 e. The van der Waals surface area contributed by atoms with E-state index in [9.17, 15) is 4.79 Å². The van der Waals surface area contributed by atoms with Gasteiger partial charge in [0, 0.05) is 19.0 Å². The second kappa shape index (κ2) is 5.85. The third-order valence-corrected chi connectivity index (χ3v) is 3.36. The molecule has 1 saturated heterocycles. The Hall–Kier alpha value is -0.570. The van der Waals surface area contributed by atoms with Gasteiger partial charge in [0.25, 0.3) is 0 Å². The van der Waals surface area contributed by atoms with Crippen molar-refractivity contribution in [2.45, 2.75) is 53.5 Å². The second-order valence-electron chi connectivity index (χ2n) is 6.88. The SMILES string of the molecule is CC(CC(=O)NC1CNCC1C)CC(C)(C)C. The van der Waals surface area contributed by atoms with Crippen LogP contribution in [0, 0.1) is 17.3 Å². The normalized spacial score (nSPS) is 26.9. The zero-order valence-electron chi connectivity index (χ0n) is 12.0. The molecular weight excluding hydrogens is 212 g/mol. The molecule has 3 atom stereocenters. The molecule has 2 N–H and O–H groups in total. The zero-order valence-corrected chi connectivity index (χ0v) is 12.0. The third kappa shape index (κ3) is 5.53. The molecule has 1 aliphatic heterocycles. The Kier molecular flexibility index (Phi) is 4.99. The Bertz CT molecular complexity index is 257. The van der Waals surface area contributed by atoms with Crippen molar-refractivity contribution in [1.82, 2.24) is 10.6 Å². The number of carbonyl (C=O) groups is 1. The molecular formula is C14H28N2O. The van der Waals surface area contributed by atoms with E-state index < -0.39 is 0 Å². The van der Waals surface area contributed by atoms with E-state index in [-0.39, 0.29) is 5.91 Å². The average molecular weight is 240 g/mol. The number of hydrogen-bond donors (Lipinski definition) is 2. The van der Waals surface area contributed by atoms with Crippen LogP contribution in [-0.4, -0.2) is 25.0 Å². The molecule has 0 bridgehead atoms. The number of rotatable bonds is 4. The molecule has 1 heterocycles. The molecule has 0 aromatic carbocycles. The minimum atomic E-state index is 0.210. The molecule has 3 nitrogen and oxygen atoms in total. The van der Waals surface area contributed by atoms with Gasteiger partial charge in [-0.15, -0.1) is 0 Å². The van der Waals surface area contributed by atoms with Gasteiger partial charge in [-0.25, -0.2) is 0 Å². The number of amides is 1. The molecule has 0 spiro atoms. The zero-order chi connectivity index (χ0) is 13.1. The van der Waals surface area contributed by atoms with Crippen LogP contribution in [0.3, 0.4) is 0 Å². The van der Waals surface area contributed by atoms with E-state index in [2.05, 4.69) is 45.3 Å². The van der Waals surface area contributed by atoms with E-state index in [1.807, 2.05) is 0 Å². The number of carbonyl (C=O) groups excluding carboxylic acids is 1. The van der Waals surface area contributed by atoms with Crippen LogP contribution >= 0.6 is 0 Å². The Morgan fingerprint density at radius 1 is 1.41 bits per heavy atom. The molecule has 100 valence electrons. The lowest BCUT2D eigenvalue weighted by Gasteiger charge is -2.24. The standard InChI is InChI=1S/C14H28N2O/c1-10(7-14(3,4)5)6-13(17)16-12-9-15-8-11(12)2/h10-12,15H,6-9H2,1-5H3,(H,16,17). The fraction of sp³-hybridized carbons (Fsp3) is 0.929. The van der Waals surface area contributed by atoms with Crippen LogP contribution in [0.15, 0.2) is 0 Å². The van der Waals surface area contributed by atoms with Crippen LogP contribution in [0.4, 0.5) is 0 Å². The predicted octanol–water partition coefficient (Wildman–Crippen LogP) is 2.17. The second-order valence-corrected chi connectivity index (χ2v) is 6.88. The summed E-state index contributed by atoms with van der Waals surface area (Å²) in [5.41, 5.74) is 0.307. The number of hydrogen-bond acceptors (Lipinski definition) is 2. The van der Waals surface area contributed by atoms with Crippen molar-refractivity contribution in [3.05, 3.63) is 0 Å². The molecule has 1 fully saturated rings. The molecule has 0 saturated carbocycles. The highest BCUT2D eigenvalue weighted by molar-refractivity contribution is 5.76. The van der Waals surface area contributed by atoms with E-state index in [0.717, 1.165) is 19.5 Å². The summed E-state index contributed by atoms with van der Waals surface area (Å²) in [5, 5.41) is 6.45. The lowest BCUT2D eigenvalue weighted by molar-refractivity contribution is -0.122. The Balaban J connectivity index is 2.29. The smallest absolute Gasteiger partial charge is 0.220 e. The Morgan fingerprint density at radius 2 is 2.06 bits per heavy atom. The summed E-state index contributed by atoms with van der Waals surface area (Å²) in [5.74, 6) is 1.22. The third-order valence-electron chi connectivity index (χ3n) is 3.36. The van der Waals surface area contributed by atoms with Crippen LogP contribution < -0.4 is 10.6 Å². The van der Waals surface area contributed by atoms with Crippen molar-refractivity contribution in [2.75, 3.05) is 13.1 Å². The molecule has 17 heavy (non-hydrogen) atoms. The van der Waals surface area contributed by atoms with Crippen LogP contribution in [0.2, 0.25) is 0 Å². The van der Waals surface area contributed by atoms with Crippen molar-refractivity contribution in [1.29, 1.82) is 0 Å². The Labute approximate surface area is 106 Å². The molecule has 3 unspecified atom stereocenters. The van der Waals surface area contributed by atoms with Gasteiger partial charge in [-0.05, 0) is 30.2 Å². The van der Waals surface area contributed by atoms with E-state index in [4.69, 9.17) is 0 Å². The highest BCUT2D eigenvalue weighted by atomic mass is 16.1. The summed E-state index contributed by atoms with van der Waals surface area (Å²) in [4.78, 5) is 11.9. The first-order valence-electron chi connectivity index (χ1n) is 6.78. The van der Waals surface area contributed by atoms with Gasteiger partial charge >= 0.3 is 0 Å². The monoisotopic (exact) mass is 240 g/mol. The van der Waals surface area contributed by atoms with Crippen molar-refractivity contribution in [3.63, 3.8) is 0 Å². The highest BCUT2D eigenvalue weighted by Crippen LogP contribution is 2.25. The number of nitrogens with one attached hydrogen (secondary N) is 2. The Morgan fingerprint density at radius 3 is 2.53 bits per heavy atom.